The van der Waals surface area contributed by atoms with Gasteiger partial charge in [0.25, 0.3) is 0 Å². The number of aliphatic carboxylic acids is 1. The van der Waals surface area contributed by atoms with Crippen LogP contribution in [0.1, 0.15) is 39.0 Å². The zero-order valence-corrected chi connectivity index (χ0v) is 14.8. The molecule has 0 saturated heterocycles. The Morgan fingerprint density at radius 3 is 2.58 bits per heavy atom. The zero-order valence-electron chi connectivity index (χ0n) is 14.0. The van der Waals surface area contributed by atoms with Gasteiger partial charge in [-0.2, -0.15) is 0 Å². The molecule has 26 heavy (non-hydrogen) atoms. The third kappa shape index (κ3) is 3.40. The lowest BCUT2D eigenvalue weighted by molar-refractivity contribution is -0.143. The first-order valence-electron chi connectivity index (χ1n) is 8.28. The van der Waals surface area contributed by atoms with Crippen LogP contribution in [0.25, 0.3) is 10.2 Å². The van der Waals surface area contributed by atoms with E-state index in [1.54, 1.807) is 0 Å². The van der Waals surface area contributed by atoms with Crippen molar-refractivity contribution in [3.8, 4) is 0 Å². The van der Waals surface area contributed by atoms with E-state index in [9.17, 15) is 22.8 Å². The van der Waals surface area contributed by atoms with E-state index in [1.807, 2.05) is 0 Å². The Morgan fingerprint density at radius 1 is 1.31 bits per heavy atom. The Morgan fingerprint density at radius 2 is 1.96 bits per heavy atom. The molecular formula is C17H17F3N2O3S. The molecule has 1 N–H and O–H groups in total. The highest BCUT2D eigenvalue weighted by atomic mass is 32.1. The van der Waals surface area contributed by atoms with Crippen LogP contribution in [0.3, 0.4) is 0 Å². The summed E-state index contributed by atoms with van der Waals surface area (Å²) in [5.41, 5.74) is -0.454. The van der Waals surface area contributed by atoms with E-state index in [1.165, 1.54) is 11.8 Å². The van der Waals surface area contributed by atoms with Crippen LogP contribution in [0, 0.1) is 23.4 Å². The van der Waals surface area contributed by atoms with E-state index in [0.29, 0.717) is 18.9 Å². The molecule has 1 fully saturated rings. The summed E-state index contributed by atoms with van der Waals surface area (Å²) in [6, 6.07) is 0.244. The molecule has 1 amide bonds. The van der Waals surface area contributed by atoms with E-state index in [0.717, 1.165) is 24.2 Å². The summed E-state index contributed by atoms with van der Waals surface area (Å²) in [4.78, 5) is 29.1. The molecule has 1 saturated carbocycles. The first kappa shape index (κ1) is 18.6. The number of halogens is 3. The molecule has 1 aromatic carbocycles. The molecule has 1 aliphatic rings. The van der Waals surface area contributed by atoms with Gasteiger partial charge in [0.15, 0.2) is 16.8 Å². The van der Waals surface area contributed by atoms with Gasteiger partial charge in [-0.1, -0.05) is 31.1 Å². The summed E-state index contributed by atoms with van der Waals surface area (Å²) in [6.07, 6.45) is 2.93. The van der Waals surface area contributed by atoms with Crippen molar-refractivity contribution in [2.24, 2.45) is 5.92 Å². The van der Waals surface area contributed by atoms with Crippen molar-refractivity contribution in [3.05, 3.63) is 23.5 Å². The van der Waals surface area contributed by atoms with Gasteiger partial charge in [-0.15, -0.1) is 0 Å². The number of rotatable bonds is 5. The highest BCUT2D eigenvalue weighted by Gasteiger charge is 2.33. The first-order chi connectivity index (χ1) is 12.3. The third-order valence-corrected chi connectivity index (χ3v) is 5.63. The van der Waals surface area contributed by atoms with Gasteiger partial charge in [0.2, 0.25) is 5.91 Å². The fraction of sp³-hybridized carbons (Fsp3) is 0.471. The van der Waals surface area contributed by atoms with Crippen molar-refractivity contribution in [2.75, 3.05) is 4.90 Å². The second-order valence-electron chi connectivity index (χ2n) is 6.47. The molecule has 0 aliphatic heterocycles. The second-order valence-corrected chi connectivity index (χ2v) is 7.45. The van der Waals surface area contributed by atoms with Crippen molar-refractivity contribution in [1.29, 1.82) is 0 Å². The van der Waals surface area contributed by atoms with Gasteiger partial charge >= 0.3 is 5.97 Å². The second kappa shape index (κ2) is 7.22. The number of carboxylic acids is 1. The average Bonchev–Trinajstić information content (AvgIpc) is 3.23. The van der Waals surface area contributed by atoms with E-state index in [2.05, 4.69) is 4.98 Å². The quantitative estimate of drug-likeness (QED) is 0.786. The average molecular weight is 386 g/mol. The number of anilines is 1. The van der Waals surface area contributed by atoms with Crippen LogP contribution in [0.2, 0.25) is 0 Å². The Bertz CT molecular complexity index is 865. The van der Waals surface area contributed by atoms with Crippen LogP contribution in [-0.4, -0.2) is 28.0 Å². The molecule has 1 unspecified atom stereocenters. The highest BCUT2D eigenvalue weighted by Crippen LogP contribution is 2.37. The number of hydrogen-bond acceptors (Lipinski definition) is 4. The molecular weight excluding hydrogens is 369 g/mol. The monoisotopic (exact) mass is 386 g/mol. The molecule has 9 heteroatoms. The fourth-order valence-corrected chi connectivity index (χ4v) is 4.21. The Balaban J connectivity index is 2.03. The number of carbonyl (C=O) groups is 2. The van der Waals surface area contributed by atoms with Crippen molar-refractivity contribution in [3.63, 3.8) is 0 Å². The third-order valence-electron chi connectivity index (χ3n) is 4.57. The minimum atomic E-state index is -1.34. The van der Waals surface area contributed by atoms with Gasteiger partial charge in [-0.25, -0.2) is 18.2 Å². The fourth-order valence-electron chi connectivity index (χ4n) is 3.15. The standard InChI is InChI=1S/C17H17F3N2O3S/c1-8(16(24)25)6-12(23)22(9-4-2-3-5-9)17-21-14-13(20)10(18)7-11(19)15(14)26-17/h7-9H,2-6H2,1H3,(H,24,25). The molecule has 1 aliphatic carbocycles. The summed E-state index contributed by atoms with van der Waals surface area (Å²) >= 11 is 0.770. The largest absolute Gasteiger partial charge is 0.481 e. The van der Waals surface area contributed by atoms with Crippen LogP contribution in [-0.2, 0) is 9.59 Å². The normalized spacial score (nSPS) is 16.2. The summed E-state index contributed by atoms with van der Waals surface area (Å²) in [5.74, 6) is -6.01. The van der Waals surface area contributed by atoms with E-state index in [4.69, 9.17) is 5.11 Å². The lowest BCUT2D eigenvalue weighted by Crippen LogP contribution is -2.40. The van der Waals surface area contributed by atoms with Gasteiger partial charge < -0.3 is 5.11 Å². The topological polar surface area (TPSA) is 70.5 Å². The predicted octanol–water partition coefficient (Wildman–Crippen LogP) is 4.10. The molecule has 2 aromatic rings. The number of hydrogen-bond donors (Lipinski definition) is 1. The maximum absolute atomic E-state index is 14.0. The molecule has 0 radical (unpaired) electrons. The van der Waals surface area contributed by atoms with Gasteiger partial charge in [-0.05, 0) is 12.8 Å². The lowest BCUT2D eigenvalue weighted by Gasteiger charge is -2.27. The minimum absolute atomic E-state index is 0.0675. The zero-order chi connectivity index (χ0) is 19.0. The molecule has 0 spiro atoms. The van der Waals surface area contributed by atoms with Gasteiger partial charge in [-0.3, -0.25) is 14.5 Å². The molecule has 1 aromatic heterocycles. The van der Waals surface area contributed by atoms with Crippen molar-refractivity contribution in [1.82, 2.24) is 4.98 Å². The SMILES string of the molecule is CC(CC(=O)N(c1nc2c(F)c(F)cc(F)c2s1)C1CCCC1)C(=O)O. The minimum Gasteiger partial charge on any atom is -0.481 e. The molecule has 5 nitrogen and oxygen atoms in total. The van der Waals surface area contributed by atoms with Crippen molar-refractivity contribution < 1.29 is 27.9 Å². The van der Waals surface area contributed by atoms with Crippen LogP contribution in [0.4, 0.5) is 18.3 Å². The van der Waals surface area contributed by atoms with Crippen LogP contribution < -0.4 is 4.90 Å². The van der Waals surface area contributed by atoms with Crippen LogP contribution in [0.15, 0.2) is 6.07 Å². The number of fused-ring (bicyclic) bond motifs is 1. The first-order valence-corrected chi connectivity index (χ1v) is 9.10. The van der Waals surface area contributed by atoms with Gasteiger partial charge in [0, 0.05) is 18.5 Å². The number of benzene rings is 1. The number of carboxylic acid groups (broad SMARTS) is 1. The van der Waals surface area contributed by atoms with Crippen LogP contribution in [0.5, 0.6) is 0 Å². The summed E-state index contributed by atoms with van der Waals surface area (Å²) < 4.78 is 41.2. The number of nitrogens with zero attached hydrogens (tertiary/aromatic N) is 2. The van der Waals surface area contributed by atoms with E-state index < -0.39 is 40.8 Å². The van der Waals surface area contributed by atoms with Gasteiger partial charge in [0.1, 0.15) is 11.3 Å². The molecule has 1 heterocycles. The molecule has 0 bridgehead atoms. The lowest BCUT2D eigenvalue weighted by atomic mass is 10.1. The number of amides is 1. The summed E-state index contributed by atoms with van der Waals surface area (Å²) in [6.45, 7) is 1.42. The number of aromatic nitrogens is 1. The van der Waals surface area contributed by atoms with Crippen LogP contribution >= 0.6 is 11.3 Å². The van der Waals surface area contributed by atoms with E-state index in [-0.39, 0.29) is 22.3 Å². The summed E-state index contributed by atoms with van der Waals surface area (Å²) in [5, 5.41) is 9.11. The Hall–Kier alpha value is -2.16. The van der Waals surface area contributed by atoms with E-state index >= 15 is 0 Å². The summed E-state index contributed by atoms with van der Waals surface area (Å²) in [7, 11) is 0. The number of carbonyl (C=O) groups excluding carboxylic acids is 1. The van der Waals surface area contributed by atoms with Crippen molar-refractivity contribution in [2.45, 2.75) is 45.1 Å². The molecule has 1 atom stereocenters. The van der Waals surface area contributed by atoms with Crippen molar-refractivity contribution >= 4 is 38.6 Å². The smallest absolute Gasteiger partial charge is 0.306 e. The Kier molecular flexibility index (Phi) is 5.17. The maximum atomic E-state index is 14.0. The van der Waals surface area contributed by atoms with Gasteiger partial charge in [0.05, 0.1) is 10.6 Å². The highest BCUT2D eigenvalue weighted by molar-refractivity contribution is 7.22. The molecule has 140 valence electrons. The number of thiazole rings is 1. The Labute approximate surface area is 151 Å². The maximum Gasteiger partial charge on any atom is 0.306 e. The predicted molar refractivity (Wildman–Crippen MR) is 90.7 cm³/mol. The molecule has 3 rings (SSSR count).